The normalized spacial score (nSPS) is 18.0. The van der Waals surface area contributed by atoms with E-state index >= 15 is 0 Å². The van der Waals surface area contributed by atoms with Crippen LogP contribution in [0, 0.1) is 5.92 Å². The summed E-state index contributed by atoms with van der Waals surface area (Å²) >= 11 is 0. The van der Waals surface area contributed by atoms with Gasteiger partial charge in [-0.15, -0.1) is 0 Å². The average Bonchev–Trinajstić information content (AvgIpc) is 3.18. The van der Waals surface area contributed by atoms with E-state index in [2.05, 4.69) is 29.4 Å². The zero-order chi connectivity index (χ0) is 20.2. The smallest absolute Gasteiger partial charge is 0.276 e. The molecule has 0 radical (unpaired) electrons. The minimum atomic E-state index is -0.344. The van der Waals surface area contributed by atoms with Gasteiger partial charge in [0.1, 0.15) is 5.69 Å². The van der Waals surface area contributed by atoms with Crippen molar-refractivity contribution in [2.75, 3.05) is 5.32 Å². The molecule has 1 aliphatic rings. The summed E-state index contributed by atoms with van der Waals surface area (Å²) in [4.78, 5) is 21.6. The first-order chi connectivity index (χ1) is 14.2. The van der Waals surface area contributed by atoms with Crippen LogP contribution >= 0.6 is 0 Å². The van der Waals surface area contributed by atoms with Gasteiger partial charge >= 0.3 is 0 Å². The summed E-state index contributed by atoms with van der Waals surface area (Å²) in [7, 11) is 0. The van der Waals surface area contributed by atoms with Gasteiger partial charge in [-0.25, -0.2) is 4.98 Å². The SMILES string of the molecule is CC1C=CC=CC1n1cc(-c2ccccc2)nc1NC(=O)c1ccc(CO)cn1. The topological polar surface area (TPSA) is 80.0 Å². The van der Waals surface area contributed by atoms with Crippen LogP contribution < -0.4 is 5.32 Å². The molecule has 0 spiro atoms. The van der Waals surface area contributed by atoms with E-state index < -0.39 is 0 Å². The van der Waals surface area contributed by atoms with Crippen molar-refractivity contribution >= 4 is 11.9 Å². The van der Waals surface area contributed by atoms with Crippen molar-refractivity contribution in [3.8, 4) is 11.3 Å². The van der Waals surface area contributed by atoms with Gasteiger partial charge in [-0.2, -0.15) is 0 Å². The van der Waals surface area contributed by atoms with Crippen molar-refractivity contribution < 1.29 is 9.90 Å². The molecule has 0 bridgehead atoms. The largest absolute Gasteiger partial charge is 0.392 e. The van der Waals surface area contributed by atoms with Crippen molar-refractivity contribution in [1.82, 2.24) is 14.5 Å². The molecule has 2 N–H and O–H groups in total. The lowest BCUT2D eigenvalue weighted by Gasteiger charge is -2.23. The zero-order valence-electron chi connectivity index (χ0n) is 16.1. The molecule has 2 heterocycles. The molecule has 3 aromatic rings. The summed E-state index contributed by atoms with van der Waals surface area (Å²) in [5.74, 6) is 0.387. The second kappa shape index (κ2) is 8.24. The lowest BCUT2D eigenvalue weighted by molar-refractivity contribution is 0.102. The Morgan fingerprint density at radius 3 is 2.62 bits per heavy atom. The van der Waals surface area contributed by atoms with Crippen LogP contribution in [-0.2, 0) is 6.61 Å². The number of aliphatic hydroxyl groups excluding tert-OH is 1. The van der Waals surface area contributed by atoms with Gasteiger partial charge in [0.05, 0.1) is 18.3 Å². The van der Waals surface area contributed by atoms with E-state index in [1.807, 2.05) is 53.2 Å². The number of carbonyl (C=O) groups is 1. The van der Waals surface area contributed by atoms with Gasteiger partial charge in [0.2, 0.25) is 5.95 Å². The minimum absolute atomic E-state index is 0.0463. The number of carbonyl (C=O) groups excluding carboxylic acids is 1. The van der Waals surface area contributed by atoms with E-state index in [0.29, 0.717) is 11.5 Å². The Labute approximate surface area is 169 Å². The number of pyridine rings is 1. The quantitative estimate of drug-likeness (QED) is 0.695. The van der Waals surface area contributed by atoms with Crippen LogP contribution in [0.3, 0.4) is 0 Å². The van der Waals surface area contributed by atoms with Gasteiger partial charge in [-0.05, 0) is 17.5 Å². The number of anilines is 1. The minimum Gasteiger partial charge on any atom is -0.392 e. The number of rotatable bonds is 5. The van der Waals surface area contributed by atoms with E-state index in [1.54, 1.807) is 12.1 Å². The molecule has 1 amide bonds. The molecule has 1 aromatic carbocycles. The number of aromatic nitrogens is 3. The molecular formula is C23H22N4O2. The molecule has 0 saturated carbocycles. The Bertz CT molecular complexity index is 1050. The Morgan fingerprint density at radius 1 is 1.14 bits per heavy atom. The van der Waals surface area contributed by atoms with E-state index in [1.165, 1.54) is 6.20 Å². The first-order valence-corrected chi connectivity index (χ1v) is 9.52. The van der Waals surface area contributed by atoms with Crippen LogP contribution in [-0.4, -0.2) is 25.5 Å². The van der Waals surface area contributed by atoms with E-state index in [0.717, 1.165) is 11.3 Å². The standard InChI is InChI=1S/C23H22N4O2/c1-16-7-5-6-10-21(16)27-14-20(18-8-3-2-4-9-18)25-23(27)26-22(29)19-12-11-17(15-28)13-24-19/h2-14,16,21,28H,15H2,1H3,(H,25,26,29). The molecule has 146 valence electrons. The highest BCUT2D eigenvalue weighted by Crippen LogP contribution is 2.31. The first kappa shape index (κ1) is 18.8. The zero-order valence-corrected chi connectivity index (χ0v) is 16.1. The van der Waals surface area contributed by atoms with Crippen LogP contribution in [0.15, 0.2) is 79.2 Å². The van der Waals surface area contributed by atoms with Crippen LogP contribution in [0.4, 0.5) is 5.95 Å². The Kier molecular flexibility index (Phi) is 5.35. The van der Waals surface area contributed by atoms with Crippen LogP contribution in [0.2, 0.25) is 0 Å². The monoisotopic (exact) mass is 386 g/mol. The maximum atomic E-state index is 12.8. The highest BCUT2D eigenvalue weighted by molar-refractivity contribution is 6.02. The van der Waals surface area contributed by atoms with Crippen LogP contribution in [0.5, 0.6) is 0 Å². The number of benzene rings is 1. The van der Waals surface area contributed by atoms with Gasteiger partial charge < -0.3 is 9.67 Å². The molecule has 2 aromatic heterocycles. The van der Waals surface area contributed by atoms with Crippen molar-refractivity contribution in [1.29, 1.82) is 0 Å². The van der Waals surface area contributed by atoms with Crippen LogP contribution in [0.1, 0.15) is 29.0 Å². The number of allylic oxidation sites excluding steroid dienone is 4. The molecule has 1 aliphatic carbocycles. The molecular weight excluding hydrogens is 364 g/mol. The molecule has 29 heavy (non-hydrogen) atoms. The van der Waals surface area contributed by atoms with Gasteiger partial charge in [0, 0.05) is 18.0 Å². The lowest BCUT2D eigenvalue weighted by atomic mass is 9.97. The molecule has 6 nitrogen and oxygen atoms in total. The number of hydrogen-bond acceptors (Lipinski definition) is 4. The van der Waals surface area contributed by atoms with Gasteiger partial charge in [0.25, 0.3) is 5.91 Å². The number of nitrogens with one attached hydrogen (secondary N) is 1. The fourth-order valence-electron chi connectivity index (χ4n) is 3.33. The average molecular weight is 386 g/mol. The van der Waals surface area contributed by atoms with Crippen LogP contribution in [0.25, 0.3) is 11.3 Å². The molecule has 2 atom stereocenters. The third kappa shape index (κ3) is 4.02. The Balaban J connectivity index is 1.68. The molecule has 0 fully saturated rings. The molecule has 0 saturated heterocycles. The summed E-state index contributed by atoms with van der Waals surface area (Å²) in [5, 5.41) is 12.1. The fourth-order valence-corrected chi connectivity index (χ4v) is 3.33. The van der Waals surface area contributed by atoms with Gasteiger partial charge in [0.15, 0.2) is 0 Å². The van der Waals surface area contributed by atoms with Gasteiger partial charge in [-0.3, -0.25) is 15.1 Å². The highest BCUT2D eigenvalue weighted by atomic mass is 16.3. The number of aliphatic hydroxyl groups is 1. The summed E-state index contributed by atoms with van der Waals surface area (Å²) in [6.07, 6.45) is 11.7. The van der Waals surface area contributed by atoms with E-state index in [4.69, 9.17) is 10.1 Å². The van der Waals surface area contributed by atoms with Crippen molar-refractivity contribution in [2.45, 2.75) is 19.6 Å². The molecule has 6 heteroatoms. The highest BCUT2D eigenvalue weighted by Gasteiger charge is 2.22. The number of imidazole rings is 1. The maximum Gasteiger partial charge on any atom is 0.276 e. The van der Waals surface area contributed by atoms with E-state index in [9.17, 15) is 4.79 Å². The first-order valence-electron chi connectivity index (χ1n) is 9.52. The summed E-state index contributed by atoms with van der Waals surface area (Å²) < 4.78 is 1.99. The second-order valence-electron chi connectivity index (χ2n) is 7.01. The summed E-state index contributed by atoms with van der Waals surface area (Å²) in [5.41, 5.74) is 2.70. The number of hydrogen-bond donors (Lipinski definition) is 2. The number of nitrogens with zero attached hydrogens (tertiary/aromatic N) is 3. The molecule has 0 aliphatic heterocycles. The van der Waals surface area contributed by atoms with Gasteiger partial charge in [-0.1, -0.05) is 67.6 Å². The number of amides is 1. The maximum absolute atomic E-state index is 12.8. The lowest BCUT2D eigenvalue weighted by Crippen LogP contribution is -2.21. The third-order valence-electron chi connectivity index (χ3n) is 4.96. The van der Waals surface area contributed by atoms with Crippen molar-refractivity contribution in [3.05, 3.63) is 90.4 Å². The third-order valence-corrected chi connectivity index (χ3v) is 4.96. The summed E-state index contributed by atoms with van der Waals surface area (Å²) in [6, 6.07) is 13.2. The predicted octanol–water partition coefficient (Wildman–Crippen LogP) is 3.99. The predicted molar refractivity (Wildman–Crippen MR) is 112 cm³/mol. The van der Waals surface area contributed by atoms with Crippen molar-refractivity contribution in [3.63, 3.8) is 0 Å². The summed E-state index contributed by atoms with van der Waals surface area (Å²) in [6.45, 7) is 2.02. The molecule has 4 rings (SSSR count). The van der Waals surface area contributed by atoms with E-state index in [-0.39, 0.29) is 30.2 Å². The molecule has 2 unspecified atom stereocenters. The second-order valence-corrected chi connectivity index (χ2v) is 7.01. The Morgan fingerprint density at radius 2 is 1.93 bits per heavy atom. The fraction of sp³-hybridized carbons (Fsp3) is 0.174. The van der Waals surface area contributed by atoms with Crippen molar-refractivity contribution in [2.24, 2.45) is 5.92 Å². The Hall–Kier alpha value is -3.51.